The normalized spacial score (nSPS) is 15.0. The Morgan fingerprint density at radius 1 is 1.46 bits per heavy atom. The number of nitrogens with zero attached hydrogens (tertiary/aromatic N) is 1. The molecular weight excluding hydrogens is 184 g/mol. The summed E-state index contributed by atoms with van der Waals surface area (Å²) in [6, 6.07) is 5.25. The average molecular weight is 192 g/mol. The van der Waals surface area contributed by atoms with Crippen LogP contribution < -0.4 is 5.73 Å². The number of anilines is 1. The monoisotopic (exact) mass is 192 g/mol. The fourth-order valence-corrected chi connectivity index (χ4v) is 1.74. The third-order valence-corrected chi connectivity index (χ3v) is 2.63. The van der Waals surface area contributed by atoms with E-state index in [1.807, 2.05) is 0 Å². The van der Waals surface area contributed by atoms with Gasteiger partial charge < -0.3 is 10.6 Å². The predicted octanol–water partition coefficient (Wildman–Crippen LogP) is 1.03. The summed E-state index contributed by atoms with van der Waals surface area (Å²) in [5.74, 6) is -0.0766. The number of hydrogen-bond donors (Lipinski definition) is 1. The first kappa shape index (κ1) is 8.19. The lowest BCUT2D eigenvalue weighted by Crippen LogP contribution is -2.23. The maximum absolute atomic E-state index is 11.5. The fourth-order valence-electron chi connectivity index (χ4n) is 1.43. The van der Waals surface area contributed by atoms with Crippen molar-refractivity contribution in [3.63, 3.8) is 0 Å². The molecule has 0 spiro atoms. The van der Waals surface area contributed by atoms with E-state index in [2.05, 4.69) is 0 Å². The molecule has 0 aromatic heterocycles. The second-order valence-electron chi connectivity index (χ2n) is 2.94. The van der Waals surface area contributed by atoms with Gasteiger partial charge in [-0.2, -0.15) is 0 Å². The van der Waals surface area contributed by atoms with E-state index in [1.165, 1.54) is 4.90 Å². The van der Waals surface area contributed by atoms with Gasteiger partial charge in [-0.05, 0) is 12.1 Å². The summed E-state index contributed by atoms with van der Waals surface area (Å²) >= 11 is 5.09. The van der Waals surface area contributed by atoms with Gasteiger partial charge in [-0.1, -0.05) is 18.3 Å². The van der Waals surface area contributed by atoms with Gasteiger partial charge in [0, 0.05) is 18.3 Å². The standard InChI is InChI=1S/C9H8N2OS/c1-11-8(12)5-3-2-4-6(10)7(5)9(11)13/h2-4H,10H2,1H3. The van der Waals surface area contributed by atoms with Crippen LogP contribution in [0.3, 0.4) is 0 Å². The molecule has 1 aliphatic heterocycles. The Kier molecular flexibility index (Phi) is 1.60. The fraction of sp³-hybridized carbons (Fsp3) is 0.111. The maximum Gasteiger partial charge on any atom is 0.259 e. The first-order chi connectivity index (χ1) is 6.13. The van der Waals surface area contributed by atoms with E-state index >= 15 is 0 Å². The van der Waals surface area contributed by atoms with E-state index < -0.39 is 0 Å². The lowest BCUT2D eigenvalue weighted by atomic mass is 10.1. The first-order valence-corrected chi connectivity index (χ1v) is 4.24. The van der Waals surface area contributed by atoms with Crippen LogP contribution in [0, 0.1) is 0 Å². The third-order valence-electron chi connectivity index (χ3n) is 2.15. The number of fused-ring (bicyclic) bond motifs is 1. The Balaban J connectivity index is 2.74. The number of hydrogen-bond acceptors (Lipinski definition) is 3. The topological polar surface area (TPSA) is 46.3 Å². The van der Waals surface area contributed by atoms with Gasteiger partial charge in [-0.15, -0.1) is 0 Å². The molecule has 0 unspecified atom stereocenters. The van der Waals surface area contributed by atoms with E-state index in [1.54, 1.807) is 25.2 Å². The number of benzene rings is 1. The molecule has 0 saturated heterocycles. The van der Waals surface area contributed by atoms with Gasteiger partial charge in [-0.3, -0.25) is 4.79 Å². The second-order valence-corrected chi connectivity index (χ2v) is 3.33. The third kappa shape index (κ3) is 0.954. The molecule has 13 heavy (non-hydrogen) atoms. The van der Waals surface area contributed by atoms with Gasteiger partial charge in [0.1, 0.15) is 4.99 Å². The number of nitrogens with two attached hydrogens (primary N) is 1. The van der Waals surface area contributed by atoms with Crippen LogP contribution in [0.4, 0.5) is 5.69 Å². The van der Waals surface area contributed by atoms with Crippen LogP contribution in [-0.2, 0) is 0 Å². The Bertz CT molecular complexity index is 414. The molecule has 2 N–H and O–H groups in total. The number of rotatable bonds is 0. The molecular formula is C9H8N2OS. The van der Waals surface area contributed by atoms with Gasteiger partial charge in [0.2, 0.25) is 0 Å². The molecule has 66 valence electrons. The molecule has 4 heteroatoms. The lowest BCUT2D eigenvalue weighted by Gasteiger charge is -2.06. The van der Waals surface area contributed by atoms with E-state index in [-0.39, 0.29) is 5.91 Å². The van der Waals surface area contributed by atoms with E-state index in [0.717, 1.165) is 0 Å². The molecule has 1 heterocycles. The van der Waals surface area contributed by atoms with Gasteiger partial charge >= 0.3 is 0 Å². The number of nitrogen functional groups attached to an aromatic ring is 1. The largest absolute Gasteiger partial charge is 0.398 e. The number of carbonyl (C=O) groups is 1. The average Bonchev–Trinajstić information content (AvgIpc) is 2.33. The molecule has 1 aliphatic rings. The van der Waals surface area contributed by atoms with E-state index in [4.69, 9.17) is 18.0 Å². The van der Waals surface area contributed by atoms with Crippen molar-refractivity contribution in [1.82, 2.24) is 4.90 Å². The maximum atomic E-state index is 11.5. The van der Waals surface area contributed by atoms with Crippen LogP contribution in [0.25, 0.3) is 0 Å². The van der Waals surface area contributed by atoms with Gasteiger partial charge in [0.15, 0.2) is 0 Å². The second kappa shape index (κ2) is 2.53. The minimum Gasteiger partial charge on any atom is -0.398 e. The van der Waals surface area contributed by atoms with Crippen molar-refractivity contribution in [3.8, 4) is 0 Å². The van der Waals surface area contributed by atoms with Crippen molar-refractivity contribution >= 4 is 28.8 Å². The quantitative estimate of drug-likeness (QED) is 0.493. The molecule has 1 amide bonds. The SMILES string of the molecule is CN1C(=O)c2cccc(N)c2C1=S. The zero-order valence-electron chi connectivity index (χ0n) is 7.07. The highest BCUT2D eigenvalue weighted by Gasteiger charge is 2.30. The molecule has 2 rings (SSSR count). The van der Waals surface area contributed by atoms with Crippen LogP contribution >= 0.6 is 12.2 Å². The molecule has 0 saturated carbocycles. The molecule has 3 nitrogen and oxygen atoms in total. The number of thiocarbonyl (C=S) groups is 1. The number of amides is 1. The summed E-state index contributed by atoms with van der Waals surface area (Å²) in [5.41, 5.74) is 7.59. The summed E-state index contributed by atoms with van der Waals surface area (Å²) in [4.78, 5) is 13.5. The highest BCUT2D eigenvalue weighted by Crippen LogP contribution is 2.26. The molecule has 0 fully saturated rings. The van der Waals surface area contributed by atoms with Gasteiger partial charge in [-0.25, -0.2) is 0 Å². The Labute approximate surface area is 81.1 Å². The van der Waals surface area contributed by atoms with Crippen molar-refractivity contribution in [2.75, 3.05) is 12.8 Å². The Hall–Kier alpha value is -1.42. The highest BCUT2D eigenvalue weighted by molar-refractivity contribution is 7.80. The van der Waals surface area contributed by atoms with Crippen molar-refractivity contribution < 1.29 is 4.79 Å². The summed E-state index contributed by atoms with van der Waals surface area (Å²) < 4.78 is 0. The first-order valence-electron chi connectivity index (χ1n) is 3.84. The summed E-state index contributed by atoms with van der Waals surface area (Å²) in [7, 11) is 1.66. The number of carbonyl (C=O) groups excluding carboxylic acids is 1. The minimum absolute atomic E-state index is 0.0766. The highest BCUT2D eigenvalue weighted by atomic mass is 32.1. The summed E-state index contributed by atoms with van der Waals surface area (Å²) in [6.45, 7) is 0. The van der Waals surface area contributed by atoms with Crippen molar-refractivity contribution in [2.45, 2.75) is 0 Å². The lowest BCUT2D eigenvalue weighted by molar-refractivity contribution is 0.0884. The van der Waals surface area contributed by atoms with E-state index in [0.29, 0.717) is 21.8 Å². The predicted molar refractivity (Wildman–Crippen MR) is 54.6 cm³/mol. The van der Waals surface area contributed by atoms with Crippen LogP contribution in [0.2, 0.25) is 0 Å². The zero-order chi connectivity index (χ0) is 9.59. The van der Waals surface area contributed by atoms with Crippen molar-refractivity contribution in [2.24, 2.45) is 0 Å². The van der Waals surface area contributed by atoms with Crippen LogP contribution in [0.5, 0.6) is 0 Å². The van der Waals surface area contributed by atoms with Crippen LogP contribution in [0.1, 0.15) is 15.9 Å². The molecule has 1 aromatic rings. The van der Waals surface area contributed by atoms with Gasteiger partial charge in [0.25, 0.3) is 5.91 Å². The van der Waals surface area contributed by atoms with Crippen LogP contribution in [-0.4, -0.2) is 22.8 Å². The summed E-state index contributed by atoms with van der Waals surface area (Å²) in [6.07, 6.45) is 0. The molecule has 1 aromatic carbocycles. The molecule has 0 aliphatic carbocycles. The van der Waals surface area contributed by atoms with Crippen LogP contribution in [0.15, 0.2) is 18.2 Å². The van der Waals surface area contributed by atoms with Gasteiger partial charge in [0.05, 0.1) is 5.56 Å². The Morgan fingerprint density at radius 3 is 2.77 bits per heavy atom. The van der Waals surface area contributed by atoms with Crippen molar-refractivity contribution in [1.29, 1.82) is 0 Å². The van der Waals surface area contributed by atoms with Crippen molar-refractivity contribution in [3.05, 3.63) is 29.3 Å². The summed E-state index contributed by atoms with van der Waals surface area (Å²) in [5, 5.41) is 0. The molecule has 0 atom stereocenters. The molecule has 0 bridgehead atoms. The zero-order valence-corrected chi connectivity index (χ0v) is 7.89. The Morgan fingerprint density at radius 2 is 2.15 bits per heavy atom. The molecule has 0 radical (unpaired) electrons. The smallest absolute Gasteiger partial charge is 0.259 e. The minimum atomic E-state index is -0.0766. The van der Waals surface area contributed by atoms with E-state index in [9.17, 15) is 4.79 Å².